The minimum atomic E-state index is 0.579. The minimum Gasteiger partial charge on any atom is -0.357 e. The van der Waals surface area contributed by atoms with E-state index in [-0.39, 0.29) is 0 Å². The highest BCUT2D eigenvalue weighted by Gasteiger charge is 2.17. The molecule has 1 saturated heterocycles. The van der Waals surface area contributed by atoms with Crippen molar-refractivity contribution in [3.05, 3.63) is 23.9 Å². The Bertz CT molecular complexity index is 556. The summed E-state index contributed by atoms with van der Waals surface area (Å²) in [5.41, 5.74) is 1.16. The van der Waals surface area contributed by atoms with E-state index < -0.39 is 0 Å². The summed E-state index contributed by atoms with van der Waals surface area (Å²) < 4.78 is 0. The van der Waals surface area contributed by atoms with E-state index in [9.17, 15) is 0 Å². The molecule has 26 heavy (non-hydrogen) atoms. The van der Waals surface area contributed by atoms with Crippen LogP contribution in [0.2, 0.25) is 0 Å². The Morgan fingerprint density at radius 2 is 1.92 bits per heavy atom. The van der Waals surface area contributed by atoms with E-state index in [0.717, 1.165) is 56.6 Å². The summed E-state index contributed by atoms with van der Waals surface area (Å²) in [4.78, 5) is 14.3. The number of hydrogen-bond donors (Lipinski definition) is 2. The zero-order chi connectivity index (χ0) is 18.2. The van der Waals surface area contributed by atoms with Crippen molar-refractivity contribution in [2.45, 2.75) is 52.1 Å². The van der Waals surface area contributed by atoms with Gasteiger partial charge >= 0.3 is 0 Å². The van der Waals surface area contributed by atoms with Crippen molar-refractivity contribution >= 4 is 11.8 Å². The van der Waals surface area contributed by atoms with Crippen molar-refractivity contribution in [1.82, 2.24) is 20.5 Å². The molecule has 0 atom stereocenters. The number of aromatic nitrogens is 1. The van der Waals surface area contributed by atoms with Gasteiger partial charge in [-0.1, -0.05) is 25.8 Å². The number of piperazine rings is 1. The van der Waals surface area contributed by atoms with Gasteiger partial charge in [-0.15, -0.1) is 0 Å². The van der Waals surface area contributed by atoms with Crippen LogP contribution in [0, 0.1) is 0 Å². The molecule has 144 valence electrons. The van der Waals surface area contributed by atoms with Gasteiger partial charge in [0.2, 0.25) is 0 Å². The first-order valence-electron chi connectivity index (χ1n) is 10.3. The number of likely N-dealkylation sites (N-methyl/N-ethyl adjacent to an activating group) is 1. The smallest absolute Gasteiger partial charge is 0.191 e. The van der Waals surface area contributed by atoms with Crippen LogP contribution in [0.3, 0.4) is 0 Å². The van der Waals surface area contributed by atoms with Crippen molar-refractivity contribution in [2.75, 3.05) is 44.2 Å². The van der Waals surface area contributed by atoms with Crippen molar-refractivity contribution in [3.8, 4) is 0 Å². The van der Waals surface area contributed by atoms with Gasteiger partial charge in [0.05, 0.1) is 6.54 Å². The second-order valence-electron chi connectivity index (χ2n) is 7.27. The van der Waals surface area contributed by atoms with Crippen LogP contribution >= 0.6 is 0 Å². The lowest BCUT2D eigenvalue weighted by atomic mass is 10.2. The Morgan fingerprint density at radius 3 is 2.54 bits per heavy atom. The van der Waals surface area contributed by atoms with Crippen LogP contribution in [-0.2, 0) is 6.54 Å². The van der Waals surface area contributed by atoms with Crippen LogP contribution in [0.1, 0.15) is 45.1 Å². The van der Waals surface area contributed by atoms with Gasteiger partial charge in [-0.25, -0.2) is 9.98 Å². The molecule has 0 amide bonds. The van der Waals surface area contributed by atoms with Gasteiger partial charge in [-0.3, -0.25) is 0 Å². The van der Waals surface area contributed by atoms with Crippen molar-refractivity contribution in [3.63, 3.8) is 0 Å². The highest BCUT2D eigenvalue weighted by atomic mass is 15.3. The molecule has 2 heterocycles. The van der Waals surface area contributed by atoms with E-state index in [1.54, 1.807) is 0 Å². The molecule has 0 radical (unpaired) electrons. The maximum absolute atomic E-state index is 4.74. The monoisotopic (exact) mass is 358 g/mol. The Balaban J connectivity index is 1.53. The Morgan fingerprint density at radius 1 is 1.15 bits per heavy atom. The molecule has 1 aromatic rings. The zero-order valence-electron chi connectivity index (χ0n) is 16.4. The third-order valence-corrected chi connectivity index (χ3v) is 5.41. The first-order valence-corrected chi connectivity index (χ1v) is 10.3. The first-order chi connectivity index (χ1) is 12.8. The molecule has 1 aromatic heterocycles. The Hall–Kier alpha value is -1.82. The van der Waals surface area contributed by atoms with Crippen LogP contribution in [0.5, 0.6) is 0 Å². The molecule has 0 unspecified atom stereocenters. The predicted molar refractivity (Wildman–Crippen MR) is 109 cm³/mol. The van der Waals surface area contributed by atoms with Crippen LogP contribution < -0.4 is 15.5 Å². The summed E-state index contributed by atoms with van der Waals surface area (Å²) in [5, 5.41) is 6.92. The number of anilines is 1. The van der Waals surface area contributed by atoms with E-state index in [1.165, 1.54) is 25.7 Å². The maximum Gasteiger partial charge on any atom is 0.191 e. The van der Waals surface area contributed by atoms with E-state index in [2.05, 4.69) is 51.4 Å². The van der Waals surface area contributed by atoms with Gasteiger partial charge in [-0.05, 0) is 37.9 Å². The summed E-state index contributed by atoms with van der Waals surface area (Å²) in [7, 11) is 0. The summed E-state index contributed by atoms with van der Waals surface area (Å²) >= 11 is 0. The van der Waals surface area contributed by atoms with Gasteiger partial charge in [0.1, 0.15) is 5.82 Å². The highest BCUT2D eigenvalue weighted by molar-refractivity contribution is 5.80. The molecular formula is C20H34N6. The van der Waals surface area contributed by atoms with E-state index >= 15 is 0 Å². The molecule has 3 rings (SSSR count). The largest absolute Gasteiger partial charge is 0.357 e. The van der Waals surface area contributed by atoms with Gasteiger partial charge in [0.15, 0.2) is 5.96 Å². The lowest BCUT2D eigenvalue weighted by molar-refractivity contribution is 0.270. The van der Waals surface area contributed by atoms with Crippen molar-refractivity contribution < 1.29 is 0 Å². The maximum atomic E-state index is 4.74. The molecule has 0 aromatic carbocycles. The SMILES string of the molecule is CCNC(=NCc1ccc(N2CCN(CC)CC2)nc1)NC1CCCC1. The lowest BCUT2D eigenvalue weighted by Crippen LogP contribution is -2.46. The number of rotatable bonds is 6. The summed E-state index contributed by atoms with van der Waals surface area (Å²) in [5.74, 6) is 2.02. The Kier molecular flexibility index (Phi) is 7.12. The molecule has 1 aliphatic heterocycles. The third-order valence-electron chi connectivity index (χ3n) is 5.41. The molecule has 0 spiro atoms. The van der Waals surface area contributed by atoms with E-state index in [0.29, 0.717) is 12.6 Å². The molecule has 6 heteroatoms. The first kappa shape index (κ1) is 19.0. The summed E-state index contributed by atoms with van der Waals surface area (Å²) in [6.07, 6.45) is 7.14. The Labute approximate surface area is 158 Å². The fraction of sp³-hybridized carbons (Fsp3) is 0.700. The molecule has 1 saturated carbocycles. The van der Waals surface area contributed by atoms with Gasteiger partial charge in [0, 0.05) is 45.0 Å². The van der Waals surface area contributed by atoms with Gasteiger partial charge in [0.25, 0.3) is 0 Å². The molecular weight excluding hydrogens is 324 g/mol. The summed E-state index contributed by atoms with van der Waals surface area (Å²) in [6.45, 7) is 11.4. The lowest BCUT2D eigenvalue weighted by Gasteiger charge is -2.34. The number of nitrogens with one attached hydrogen (secondary N) is 2. The average molecular weight is 359 g/mol. The van der Waals surface area contributed by atoms with Crippen molar-refractivity contribution in [1.29, 1.82) is 0 Å². The molecule has 1 aliphatic carbocycles. The molecule has 2 N–H and O–H groups in total. The third kappa shape index (κ3) is 5.34. The standard InChI is InChI=1S/C20H34N6/c1-3-21-20(24-18-7-5-6-8-18)23-16-17-9-10-19(22-15-17)26-13-11-25(4-2)12-14-26/h9-10,15,18H,3-8,11-14,16H2,1-2H3,(H2,21,23,24). The number of nitrogens with zero attached hydrogens (tertiary/aromatic N) is 4. The van der Waals surface area contributed by atoms with Crippen LogP contribution in [-0.4, -0.2) is 61.2 Å². The number of hydrogen-bond acceptors (Lipinski definition) is 4. The van der Waals surface area contributed by atoms with Crippen LogP contribution in [0.25, 0.3) is 0 Å². The quantitative estimate of drug-likeness (QED) is 0.603. The zero-order valence-corrected chi connectivity index (χ0v) is 16.4. The van der Waals surface area contributed by atoms with Crippen LogP contribution in [0.4, 0.5) is 5.82 Å². The topological polar surface area (TPSA) is 55.8 Å². The number of aliphatic imine (C=N–C) groups is 1. The fourth-order valence-electron chi connectivity index (χ4n) is 3.74. The number of pyridine rings is 1. The molecule has 6 nitrogen and oxygen atoms in total. The second-order valence-corrected chi connectivity index (χ2v) is 7.27. The normalized spacial score (nSPS) is 19.8. The fourth-order valence-corrected chi connectivity index (χ4v) is 3.74. The van der Waals surface area contributed by atoms with Crippen LogP contribution in [0.15, 0.2) is 23.3 Å². The van der Waals surface area contributed by atoms with E-state index in [4.69, 9.17) is 4.99 Å². The number of guanidine groups is 1. The minimum absolute atomic E-state index is 0.579. The van der Waals surface area contributed by atoms with Gasteiger partial charge < -0.3 is 20.4 Å². The summed E-state index contributed by atoms with van der Waals surface area (Å²) in [6, 6.07) is 4.89. The predicted octanol–water partition coefficient (Wildman–Crippen LogP) is 2.22. The van der Waals surface area contributed by atoms with Gasteiger partial charge in [-0.2, -0.15) is 0 Å². The molecule has 2 fully saturated rings. The molecule has 2 aliphatic rings. The average Bonchev–Trinajstić information content (AvgIpc) is 3.20. The molecule has 0 bridgehead atoms. The van der Waals surface area contributed by atoms with E-state index in [1.807, 2.05) is 6.20 Å². The van der Waals surface area contributed by atoms with Crippen molar-refractivity contribution in [2.24, 2.45) is 4.99 Å². The second kappa shape index (κ2) is 9.76. The highest BCUT2D eigenvalue weighted by Crippen LogP contribution is 2.17.